The molecule has 1 aromatic rings. The standard InChI is InChI=1S/C12H15F2NO3S/c1-19(17,18)11-8(13)5-7(10(16)9(11)14)12(6-15)3-2-4-12/h5,16H,2-4,6,15H2,1H3. The second kappa shape index (κ2) is 4.42. The van der Waals surface area contributed by atoms with Crippen molar-refractivity contribution < 1.29 is 22.3 Å². The molecule has 1 aliphatic rings. The zero-order valence-corrected chi connectivity index (χ0v) is 11.2. The molecule has 1 aliphatic carbocycles. The molecule has 0 aliphatic heterocycles. The fourth-order valence-corrected chi connectivity index (χ4v) is 3.36. The highest BCUT2D eigenvalue weighted by Gasteiger charge is 2.41. The molecule has 0 aromatic heterocycles. The highest BCUT2D eigenvalue weighted by atomic mass is 32.2. The number of nitrogens with two attached hydrogens (primary N) is 1. The van der Waals surface area contributed by atoms with Gasteiger partial charge in [-0.1, -0.05) is 6.42 Å². The van der Waals surface area contributed by atoms with Crippen LogP contribution < -0.4 is 5.73 Å². The predicted molar refractivity (Wildman–Crippen MR) is 65.7 cm³/mol. The molecule has 1 aromatic carbocycles. The number of aromatic hydroxyl groups is 1. The monoisotopic (exact) mass is 291 g/mol. The minimum Gasteiger partial charge on any atom is -0.505 e. The van der Waals surface area contributed by atoms with E-state index in [-0.39, 0.29) is 12.1 Å². The number of phenols is 1. The van der Waals surface area contributed by atoms with Gasteiger partial charge in [0.25, 0.3) is 0 Å². The van der Waals surface area contributed by atoms with Crippen LogP contribution in [-0.4, -0.2) is 26.3 Å². The summed E-state index contributed by atoms with van der Waals surface area (Å²) in [6.07, 6.45) is 2.78. The molecule has 19 heavy (non-hydrogen) atoms. The van der Waals surface area contributed by atoms with Crippen LogP contribution in [0.15, 0.2) is 11.0 Å². The van der Waals surface area contributed by atoms with Gasteiger partial charge in [0.05, 0.1) is 0 Å². The van der Waals surface area contributed by atoms with Crippen LogP contribution in [0.2, 0.25) is 0 Å². The Balaban J connectivity index is 2.69. The van der Waals surface area contributed by atoms with Crippen molar-refractivity contribution in [1.82, 2.24) is 0 Å². The lowest BCUT2D eigenvalue weighted by Gasteiger charge is -2.41. The summed E-state index contributed by atoms with van der Waals surface area (Å²) in [4.78, 5) is -1.10. The Labute approximate surface area is 110 Å². The number of hydrogen-bond donors (Lipinski definition) is 2. The van der Waals surface area contributed by atoms with Crippen molar-refractivity contribution in [3.05, 3.63) is 23.3 Å². The highest BCUT2D eigenvalue weighted by molar-refractivity contribution is 7.90. The molecule has 106 valence electrons. The Morgan fingerprint density at radius 2 is 2.00 bits per heavy atom. The normalized spacial score (nSPS) is 18.1. The summed E-state index contributed by atoms with van der Waals surface area (Å²) in [6.45, 7) is 0.150. The van der Waals surface area contributed by atoms with Crippen LogP contribution in [0.5, 0.6) is 5.75 Å². The van der Waals surface area contributed by atoms with Crippen LogP contribution in [0.1, 0.15) is 24.8 Å². The smallest absolute Gasteiger partial charge is 0.186 e. The summed E-state index contributed by atoms with van der Waals surface area (Å²) in [5, 5.41) is 9.84. The quantitative estimate of drug-likeness (QED) is 0.883. The van der Waals surface area contributed by atoms with Gasteiger partial charge in [0.1, 0.15) is 10.7 Å². The molecule has 1 saturated carbocycles. The summed E-state index contributed by atoms with van der Waals surface area (Å²) in [5.41, 5.74) is 5.03. The van der Waals surface area contributed by atoms with Gasteiger partial charge in [0, 0.05) is 23.8 Å². The van der Waals surface area contributed by atoms with Crippen LogP contribution in [0, 0.1) is 11.6 Å². The van der Waals surface area contributed by atoms with E-state index in [4.69, 9.17) is 5.73 Å². The van der Waals surface area contributed by atoms with Crippen molar-refractivity contribution in [2.45, 2.75) is 29.6 Å². The first-order valence-electron chi connectivity index (χ1n) is 5.84. The van der Waals surface area contributed by atoms with E-state index >= 15 is 0 Å². The zero-order chi connectivity index (χ0) is 14.4. The second-order valence-corrected chi connectivity index (χ2v) is 6.96. The molecular weight excluding hydrogens is 276 g/mol. The van der Waals surface area contributed by atoms with Crippen LogP contribution in [0.25, 0.3) is 0 Å². The number of rotatable bonds is 3. The molecule has 0 unspecified atom stereocenters. The summed E-state index contributed by atoms with van der Waals surface area (Å²) < 4.78 is 50.4. The van der Waals surface area contributed by atoms with Gasteiger partial charge in [-0.25, -0.2) is 17.2 Å². The van der Waals surface area contributed by atoms with Crippen LogP contribution in [-0.2, 0) is 15.3 Å². The molecule has 2 rings (SSSR count). The van der Waals surface area contributed by atoms with Gasteiger partial charge in [-0.15, -0.1) is 0 Å². The SMILES string of the molecule is CS(=O)(=O)c1c(F)cc(C2(CN)CCC2)c(O)c1F. The van der Waals surface area contributed by atoms with Gasteiger partial charge < -0.3 is 10.8 Å². The third-order valence-corrected chi connectivity index (χ3v) is 4.91. The van der Waals surface area contributed by atoms with Crippen LogP contribution >= 0.6 is 0 Å². The molecule has 0 bridgehead atoms. The van der Waals surface area contributed by atoms with Gasteiger partial charge in [0.2, 0.25) is 0 Å². The minimum absolute atomic E-state index is 0.0589. The van der Waals surface area contributed by atoms with E-state index in [1.165, 1.54) is 0 Å². The predicted octanol–water partition coefficient (Wildman–Crippen LogP) is 1.45. The van der Waals surface area contributed by atoms with E-state index < -0.39 is 37.5 Å². The van der Waals surface area contributed by atoms with E-state index in [9.17, 15) is 22.3 Å². The average Bonchev–Trinajstić information content (AvgIpc) is 2.22. The lowest BCUT2D eigenvalue weighted by molar-refractivity contribution is 0.240. The number of benzene rings is 1. The summed E-state index contributed by atoms with van der Waals surface area (Å²) in [5.74, 6) is -3.43. The van der Waals surface area contributed by atoms with Gasteiger partial charge in [-0.2, -0.15) is 0 Å². The first kappa shape index (κ1) is 14.2. The average molecular weight is 291 g/mol. The Kier molecular flexibility index (Phi) is 3.30. The molecule has 7 heteroatoms. The third-order valence-electron chi connectivity index (χ3n) is 3.79. The fraction of sp³-hybridized carbons (Fsp3) is 0.500. The summed E-state index contributed by atoms with van der Waals surface area (Å²) in [6, 6.07) is 0.890. The molecule has 0 spiro atoms. The molecule has 1 fully saturated rings. The fourth-order valence-electron chi connectivity index (χ4n) is 2.52. The van der Waals surface area contributed by atoms with Crippen molar-refractivity contribution >= 4 is 9.84 Å². The van der Waals surface area contributed by atoms with E-state index in [0.29, 0.717) is 19.1 Å². The second-order valence-electron chi connectivity index (χ2n) is 5.01. The Hall–Kier alpha value is -1.21. The highest BCUT2D eigenvalue weighted by Crippen LogP contribution is 2.47. The maximum Gasteiger partial charge on any atom is 0.186 e. The van der Waals surface area contributed by atoms with E-state index in [1.807, 2.05) is 0 Å². The molecule has 0 amide bonds. The van der Waals surface area contributed by atoms with Crippen LogP contribution in [0.4, 0.5) is 8.78 Å². The van der Waals surface area contributed by atoms with E-state index in [0.717, 1.165) is 12.5 Å². The lowest BCUT2D eigenvalue weighted by atomic mass is 9.64. The molecule has 0 radical (unpaired) electrons. The Morgan fingerprint density at radius 3 is 2.37 bits per heavy atom. The molecule has 3 N–H and O–H groups in total. The molecule has 0 atom stereocenters. The van der Waals surface area contributed by atoms with Gasteiger partial charge >= 0.3 is 0 Å². The van der Waals surface area contributed by atoms with Gasteiger partial charge in [-0.3, -0.25) is 0 Å². The topological polar surface area (TPSA) is 80.4 Å². The van der Waals surface area contributed by atoms with Crippen molar-refractivity contribution in [1.29, 1.82) is 0 Å². The number of sulfone groups is 1. The maximum absolute atomic E-state index is 13.9. The summed E-state index contributed by atoms with van der Waals surface area (Å²) in [7, 11) is -4.09. The molecule has 4 nitrogen and oxygen atoms in total. The van der Waals surface area contributed by atoms with Crippen molar-refractivity contribution in [2.75, 3.05) is 12.8 Å². The van der Waals surface area contributed by atoms with Crippen LogP contribution in [0.3, 0.4) is 0 Å². The largest absolute Gasteiger partial charge is 0.505 e. The van der Waals surface area contributed by atoms with E-state index in [1.54, 1.807) is 0 Å². The lowest BCUT2D eigenvalue weighted by Crippen LogP contribution is -2.41. The van der Waals surface area contributed by atoms with Crippen molar-refractivity contribution in [3.63, 3.8) is 0 Å². The zero-order valence-electron chi connectivity index (χ0n) is 10.4. The number of halogens is 2. The first-order chi connectivity index (χ1) is 8.73. The number of phenolic OH excluding ortho intramolecular Hbond substituents is 1. The van der Waals surface area contributed by atoms with E-state index in [2.05, 4.69) is 0 Å². The minimum atomic E-state index is -4.09. The first-order valence-corrected chi connectivity index (χ1v) is 7.73. The molecule has 0 heterocycles. The summed E-state index contributed by atoms with van der Waals surface area (Å²) >= 11 is 0. The van der Waals surface area contributed by atoms with Gasteiger partial charge in [0.15, 0.2) is 21.4 Å². The van der Waals surface area contributed by atoms with Gasteiger partial charge in [-0.05, 0) is 18.9 Å². The molecule has 0 saturated heterocycles. The number of hydrogen-bond acceptors (Lipinski definition) is 4. The maximum atomic E-state index is 13.9. The third kappa shape index (κ3) is 2.10. The Morgan fingerprint density at radius 1 is 1.42 bits per heavy atom. The Bertz CT molecular complexity index is 619. The molecular formula is C12H15F2NO3S. The van der Waals surface area contributed by atoms with Crippen molar-refractivity contribution in [3.8, 4) is 5.75 Å². The van der Waals surface area contributed by atoms with Crippen molar-refractivity contribution in [2.24, 2.45) is 5.73 Å².